The van der Waals surface area contributed by atoms with Gasteiger partial charge in [-0.3, -0.25) is 14.4 Å². The van der Waals surface area contributed by atoms with Crippen LogP contribution in [0.3, 0.4) is 0 Å². The highest BCUT2D eigenvalue weighted by Crippen LogP contribution is 2.18. The molecule has 0 bridgehead atoms. The maximum atomic E-state index is 12.9. The maximum Gasteiger partial charge on any atom is 0.306 e. The van der Waals surface area contributed by atoms with E-state index in [0.717, 1.165) is 103 Å². The highest BCUT2D eigenvalue weighted by atomic mass is 16.6. The van der Waals surface area contributed by atoms with E-state index in [1.807, 2.05) is 0 Å². The molecule has 0 heterocycles. The summed E-state index contributed by atoms with van der Waals surface area (Å²) in [5.74, 6) is -0.880. The predicted octanol–water partition coefficient (Wildman–Crippen LogP) is 23.5. The summed E-state index contributed by atoms with van der Waals surface area (Å²) < 4.78 is 17.0. The van der Waals surface area contributed by atoms with Gasteiger partial charge in [0.05, 0.1) is 0 Å². The lowest BCUT2D eigenvalue weighted by Crippen LogP contribution is -2.30. The number of carbonyl (C=O) groups excluding carboxylic acids is 3. The maximum absolute atomic E-state index is 12.9. The van der Waals surface area contributed by atoms with Crippen molar-refractivity contribution in [2.45, 2.75) is 367 Å². The molecule has 78 heavy (non-hydrogen) atoms. The van der Waals surface area contributed by atoms with E-state index in [9.17, 15) is 14.4 Å². The Balaban J connectivity index is 4.28. The Labute approximate surface area is 485 Å². The molecule has 0 saturated heterocycles. The lowest BCUT2D eigenvalue weighted by molar-refractivity contribution is -0.167. The summed E-state index contributed by atoms with van der Waals surface area (Å²) in [6.07, 6.45) is 85.3. The minimum absolute atomic E-state index is 0.0786. The first kappa shape index (κ1) is 75.1. The molecule has 0 aromatic carbocycles. The fourth-order valence-corrected chi connectivity index (χ4v) is 10.1. The Morgan fingerprint density at radius 1 is 0.256 bits per heavy atom. The minimum atomic E-state index is -0.784. The molecule has 0 fully saturated rings. The third-order valence-electron chi connectivity index (χ3n) is 15.2. The number of unbranched alkanes of at least 4 members (excludes halogenated alkanes) is 42. The third-order valence-corrected chi connectivity index (χ3v) is 15.2. The monoisotopic (exact) mass is 1090 g/mol. The van der Waals surface area contributed by atoms with Gasteiger partial charge >= 0.3 is 17.9 Å². The van der Waals surface area contributed by atoms with Gasteiger partial charge in [-0.25, -0.2) is 0 Å². The van der Waals surface area contributed by atoms with Crippen LogP contribution in [0.15, 0.2) is 60.8 Å². The second-order valence-corrected chi connectivity index (χ2v) is 23.1. The molecule has 0 aliphatic rings. The molecule has 0 saturated carbocycles. The molecule has 6 heteroatoms. The highest BCUT2D eigenvalue weighted by Gasteiger charge is 2.19. The molecule has 0 aliphatic carbocycles. The molecule has 0 aliphatic heterocycles. The Hall–Kier alpha value is -2.89. The number of carbonyl (C=O) groups is 3. The van der Waals surface area contributed by atoms with E-state index >= 15 is 0 Å². The summed E-state index contributed by atoms with van der Waals surface area (Å²) in [5.41, 5.74) is 0. The largest absolute Gasteiger partial charge is 0.462 e. The van der Waals surface area contributed by atoms with Crippen molar-refractivity contribution < 1.29 is 28.6 Å². The minimum Gasteiger partial charge on any atom is -0.462 e. The molecular formula is C72H130O6. The SMILES string of the molecule is CCC/C=C\C/C=C\CCCCCCCC(=O)OCC(COC(=O)CCCCCCCCCCCCCCCCCCCCCCCCCC)OC(=O)CCCCCCCCCC/C=C\C/C=C\C/C=C\CCCCCCC. The number of hydrogen-bond acceptors (Lipinski definition) is 6. The molecule has 1 atom stereocenters. The summed E-state index contributed by atoms with van der Waals surface area (Å²) >= 11 is 0. The van der Waals surface area contributed by atoms with Crippen LogP contribution < -0.4 is 0 Å². The van der Waals surface area contributed by atoms with Crippen molar-refractivity contribution >= 4 is 17.9 Å². The molecule has 0 radical (unpaired) electrons. The third kappa shape index (κ3) is 63.9. The molecule has 0 spiro atoms. The summed E-state index contributed by atoms with van der Waals surface area (Å²) in [7, 11) is 0. The van der Waals surface area contributed by atoms with E-state index in [4.69, 9.17) is 14.2 Å². The Kier molecular flexibility index (Phi) is 64.2. The lowest BCUT2D eigenvalue weighted by Gasteiger charge is -2.18. The first-order valence-electron chi connectivity index (χ1n) is 34.3. The first-order chi connectivity index (χ1) is 38.5. The van der Waals surface area contributed by atoms with Crippen LogP contribution in [0, 0.1) is 0 Å². The van der Waals surface area contributed by atoms with Crippen LogP contribution in [0.2, 0.25) is 0 Å². The van der Waals surface area contributed by atoms with E-state index in [1.165, 1.54) is 218 Å². The molecule has 0 rings (SSSR count). The standard InChI is InChI=1S/C72H130O6/c1-4-7-10-13-16-19-22-25-27-29-31-33-35-37-38-40-42-44-47-50-53-56-59-62-65-71(74)77-68-69(67-76-70(73)64-61-58-55-52-49-46-24-21-18-15-12-9-6-3)78-72(75)66-63-60-57-54-51-48-45-43-41-39-36-34-32-30-28-26-23-20-17-14-11-8-5-2/h12,15,21,23-24,26,30,32,36,39,69H,4-11,13-14,16-20,22,25,27-29,31,33-35,37-38,40-68H2,1-3H3/b15-12-,24-21-,26-23-,32-30-,39-36-. The van der Waals surface area contributed by atoms with Crippen molar-refractivity contribution in [3.63, 3.8) is 0 Å². The van der Waals surface area contributed by atoms with E-state index in [1.54, 1.807) is 0 Å². The van der Waals surface area contributed by atoms with Gasteiger partial charge < -0.3 is 14.2 Å². The van der Waals surface area contributed by atoms with E-state index < -0.39 is 6.10 Å². The zero-order valence-electron chi connectivity index (χ0n) is 52.2. The zero-order valence-corrected chi connectivity index (χ0v) is 52.2. The smallest absolute Gasteiger partial charge is 0.306 e. The molecule has 0 N–H and O–H groups in total. The van der Waals surface area contributed by atoms with Gasteiger partial charge in [0.15, 0.2) is 6.10 Å². The van der Waals surface area contributed by atoms with Gasteiger partial charge in [0.2, 0.25) is 0 Å². The number of rotatable bonds is 63. The van der Waals surface area contributed by atoms with Gasteiger partial charge in [-0.2, -0.15) is 0 Å². The Morgan fingerprint density at radius 3 is 0.769 bits per heavy atom. The fourth-order valence-electron chi connectivity index (χ4n) is 10.1. The molecule has 0 aromatic rings. The summed E-state index contributed by atoms with van der Waals surface area (Å²) in [5, 5.41) is 0. The van der Waals surface area contributed by atoms with Gasteiger partial charge in [0, 0.05) is 19.3 Å². The van der Waals surface area contributed by atoms with Crippen molar-refractivity contribution in [2.75, 3.05) is 13.2 Å². The van der Waals surface area contributed by atoms with Crippen molar-refractivity contribution in [2.24, 2.45) is 0 Å². The summed E-state index contributed by atoms with van der Waals surface area (Å²) in [4.78, 5) is 38.4. The molecule has 0 amide bonds. The van der Waals surface area contributed by atoms with Crippen molar-refractivity contribution in [3.05, 3.63) is 60.8 Å². The number of ether oxygens (including phenoxy) is 3. The van der Waals surface area contributed by atoms with Crippen LogP contribution in [0.25, 0.3) is 0 Å². The topological polar surface area (TPSA) is 78.9 Å². The van der Waals surface area contributed by atoms with Crippen LogP contribution in [0.5, 0.6) is 0 Å². The number of esters is 3. The molecule has 0 aromatic heterocycles. The molecule has 1 unspecified atom stereocenters. The second kappa shape index (κ2) is 66.6. The van der Waals surface area contributed by atoms with Crippen LogP contribution in [0.4, 0.5) is 0 Å². The van der Waals surface area contributed by atoms with Crippen LogP contribution >= 0.6 is 0 Å². The van der Waals surface area contributed by atoms with Gasteiger partial charge in [-0.1, -0.05) is 319 Å². The summed E-state index contributed by atoms with van der Waals surface area (Å²) in [6, 6.07) is 0. The van der Waals surface area contributed by atoms with Crippen molar-refractivity contribution in [3.8, 4) is 0 Å². The summed E-state index contributed by atoms with van der Waals surface area (Å²) in [6.45, 7) is 6.60. The van der Waals surface area contributed by atoms with Gasteiger partial charge in [0.1, 0.15) is 13.2 Å². The quantitative estimate of drug-likeness (QED) is 0.0261. The van der Waals surface area contributed by atoms with Crippen LogP contribution in [-0.4, -0.2) is 37.2 Å². The Bertz CT molecular complexity index is 1390. The fraction of sp³-hybridized carbons (Fsp3) is 0.819. The van der Waals surface area contributed by atoms with E-state index in [0.29, 0.717) is 19.3 Å². The Morgan fingerprint density at radius 2 is 0.487 bits per heavy atom. The van der Waals surface area contributed by atoms with E-state index in [2.05, 4.69) is 81.5 Å². The van der Waals surface area contributed by atoms with Crippen LogP contribution in [0.1, 0.15) is 361 Å². The second-order valence-electron chi connectivity index (χ2n) is 23.1. The normalized spacial score (nSPS) is 12.4. The van der Waals surface area contributed by atoms with Gasteiger partial charge in [-0.05, 0) is 83.5 Å². The molecule has 6 nitrogen and oxygen atoms in total. The van der Waals surface area contributed by atoms with E-state index in [-0.39, 0.29) is 31.1 Å². The zero-order chi connectivity index (χ0) is 56.4. The van der Waals surface area contributed by atoms with Crippen LogP contribution in [-0.2, 0) is 28.6 Å². The lowest BCUT2D eigenvalue weighted by atomic mass is 10.0. The predicted molar refractivity (Wildman–Crippen MR) is 339 cm³/mol. The average molecular weight is 1090 g/mol. The van der Waals surface area contributed by atoms with Gasteiger partial charge in [-0.15, -0.1) is 0 Å². The van der Waals surface area contributed by atoms with Crippen molar-refractivity contribution in [1.82, 2.24) is 0 Å². The van der Waals surface area contributed by atoms with Crippen molar-refractivity contribution in [1.29, 1.82) is 0 Å². The average Bonchev–Trinajstić information content (AvgIpc) is 3.44. The molecule has 454 valence electrons. The van der Waals surface area contributed by atoms with Gasteiger partial charge in [0.25, 0.3) is 0 Å². The first-order valence-corrected chi connectivity index (χ1v) is 34.3. The number of hydrogen-bond donors (Lipinski definition) is 0. The number of allylic oxidation sites excluding steroid dienone is 10. The molecular weight excluding hydrogens is 961 g/mol. The highest BCUT2D eigenvalue weighted by molar-refractivity contribution is 5.71.